The lowest BCUT2D eigenvalue weighted by molar-refractivity contribution is -0.222. The van der Waals surface area contributed by atoms with Crippen LogP contribution in [0.15, 0.2) is 243 Å². The van der Waals surface area contributed by atoms with Gasteiger partial charge in [-0.15, -0.1) is 0 Å². The van der Waals surface area contributed by atoms with Gasteiger partial charge >= 0.3 is 0 Å². The molecule has 12 aromatic carbocycles. The number of ether oxygens (including phenoxy) is 9. The molecule has 6 unspecified atom stereocenters. The van der Waals surface area contributed by atoms with Crippen LogP contribution in [0.1, 0.15) is 68.5 Å². The maximum Gasteiger partial charge on any atom is 0.202 e. The van der Waals surface area contributed by atoms with E-state index in [2.05, 4.69) is 231 Å². The minimum absolute atomic E-state index is 0.0444. The Morgan fingerprint density at radius 2 is 0.784 bits per heavy atom. The van der Waals surface area contributed by atoms with Crippen LogP contribution in [0.25, 0.3) is 43.1 Å². The topological polar surface area (TPSA) is 89.7 Å². The largest absolute Gasteiger partial charge is 0.491 e. The molecule has 0 saturated carbocycles. The summed E-state index contributed by atoms with van der Waals surface area (Å²) in [5.41, 5.74) is 11.0. The Balaban J connectivity index is 0.562. The third kappa shape index (κ3) is 8.74. The quantitative estimate of drug-likeness (QED) is 0.0931. The SMILES string of the molecule is c1ccc2c(c1)Cc1ccccc1C2(c1ccc2cc(OCC3OC3C3CC(Oc4ccc5cc(C6(c7ccc8cc(OCC9CO9)ccc8c7)c7ccccc7Oc7ccccc76)ccc5c4)O3)ccc2c1)c1ccc2cc(OC3CCO3)ccc2c1. The second kappa shape index (κ2) is 20.6. The fraction of sp³-hybridized carbons (Fsp3) is 0.190. The Labute approximate surface area is 509 Å². The van der Waals surface area contributed by atoms with Crippen molar-refractivity contribution in [3.8, 4) is 34.5 Å². The Kier molecular flexibility index (Phi) is 12.1. The Morgan fingerprint density at radius 1 is 0.386 bits per heavy atom. The number of rotatable bonds is 15. The van der Waals surface area contributed by atoms with E-state index in [1.165, 1.54) is 33.4 Å². The Bertz CT molecular complexity index is 4660. The van der Waals surface area contributed by atoms with Crippen LogP contribution in [-0.2, 0) is 36.2 Å². The van der Waals surface area contributed by atoms with Crippen molar-refractivity contribution >= 4 is 43.1 Å². The van der Waals surface area contributed by atoms with E-state index >= 15 is 0 Å². The molecular formula is C79H60O9. The first-order chi connectivity index (χ1) is 43.5. The monoisotopic (exact) mass is 1150 g/mol. The minimum Gasteiger partial charge on any atom is -0.491 e. The van der Waals surface area contributed by atoms with Crippen LogP contribution in [0, 0.1) is 0 Å². The van der Waals surface area contributed by atoms with E-state index in [-0.39, 0.29) is 37.0 Å². The molecule has 18 rings (SSSR count). The van der Waals surface area contributed by atoms with Crippen molar-refractivity contribution in [3.05, 3.63) is 298 Å². The summed E-state index contributed by atoms with van der Waals surface area (Å²) in [5, 5.41) is 8.98. The summed E-state index contributed by atoms with van der Waals surface area (Å²) in [6.07, 6.45) is 2.03. The number of hydrogen-bond donors (Lipinski definition) is 0. The summed E-state index contributed by atoms with van der Waals surface area (Å²) in [7, 11) is 0. The van der Waals surface area contributed by atoms with E-state index in [1.54, 1.807) is 0 Å². The first-order valence-corrected chi connectivity index (χ1v) is 30.8. The van der Waals surface area contributed by atoms with Gasteiger partial charge in [0.1, 0.15) is 66.0 Å². The normalized spacial score (nSPS) is 21.4. The van der Waals surface area contributed by atoms with Crippen molar-refractivity contribution in [2.24, 2.45) is 0 Å². The van der Waals surface area contributed by atoms with E-state index in [4.69, 9.17) is 42.6 Å². The van der Waals surface area contributed by atoms with Crippen molar-refractivity contribution in [1.29, 1.82) is 0 Å². The van der Waals surface area contributed by atoms with Gasteiger partial charge in [0.15, 0.2) is 0 Å². The molecule has 12 aromatic rings. The first-order valence-electron chi connectivity index (χ1n) is 30.8. The predicted molar refractivity (Wildman–Crippen MR) is 341 cm³/mol. The molecule has 0 amide bonds. The smallest absolute Gasteiger partial charge is 0.202 e. The molecule has 1 aliphatic carbocycles. The molecule has 9 heteroatoms. The third-order valence-electron chi connectivity index (χ3n) is 19.2. The van der Waals surface area contributed by atoms with Crippen LogP contribution in [0.3, 0.4) is 0 Å². The van der Waals surface area contributed by atoms with E-state index in [9.17, 15) is 0 Å². The summed E-state index contributed by atoms with van der Waals surface area (Å²) >= 11 is 0. The van der Waals surface area contributed by atoms with Crippen LogP contribution < -0.4 is 23.7 Å². The number of benzene rings is 12. The van der Waals surface area contributed by atoms with Crippen molar-refractivity contribution in [3.63, 3.8) is 0 Å². The zero-order valence-electron chi connectivity index (χ0n) is 48.2. The standard InChI is InChI=1S/C79H60O9/c1-3-11-67-56(9-1)35-57-10-2-4-12-68(57)78(67,59-26-19-54-42-64(31-23-50(54)37-59)84-75-33-34-80-75)58-25-17-53-41-63(30-22-48(53)36-58)83-47-74-77(88-74)73-44-76(87-73)85-65-32-24-51-39-61(28-20-55(51)43-65)79(69-13-5-7-15-71(69)86-72-16-8-6-14-70(72)79)60-27-18-52-40-62(29-21-49(52)38-60)81-45-66-46-82-66/h1-32,36-43,66,73-77H,33-35,44-47H2. The lowest BCUT2D eigenvalue weighted by atomic mass is 9.59. The molecule has 4 fully saturated rings. The van der Waals surface area contributed by atoms with Crippen LogP contribution in [0.2, 0.25) is 0 Å². The lowest BCUT2D eigenvalue weighted by Crippen LogP contribution is -2.45. The molecule has 0 radical (unpaired) electrons. The van der Waals surface area contributed by atoms with E-state index in [0.717, 1.165) is 132 Å². The molecule has 5 heterocycles. The van der Waals surface area contributed by atoms with Gasteiger partial charge in [-0.05, 0) is 179 Å². The summed E-state index contributed by atoms with van der Waals surface area (Å²) < 4.78 is 55.3. The molecule has 0 aromatic heterocycles. The molecule has 0 bridgehead atoms. The highest BCUT2D eigenvalue weighted by molar-refractivity contribution is 5.91. The average molecular weight is 1150 g/mol. The first kappa shape index (κ1) is 51.7. The maximum atomic E-state index is 6.65. The van der Waals surface area contributed by atoms with Crippen molar-refractivity contribution in [2.75, 3.05) is 26.4 Å². The molecule has 430 valence electrons. The highest BCUT2D eigenvalue weighted by Gasteiger charge is 2.52. The van der Waals surface area contributed by atoms with Crippen LogP contribution in [0.4, 0.5) is 0 Å². The van der Waals surface area contributed by atoms with Gasteiger partial charge in [-0.25, -0.2) is 0 Å². The van der Waals surface area contributed by atoms with Gasteiger partial charge in [0.05, 0.1) is 30.1 Å². The molecular weight excluding hydrogens is 1090 g/mol. The van der Waals surface area contributed by atoms with Crippen LogP contribution in [0.5, 0.6) is 34.5 Å². The molecule has 0 N–H and O–H groups in total. The summed E-state index contributed by atoms with van der Waals surface area (Å²) in [4.78, 5) is 0. The van der Waals surface area contributed by atoms with E-state index in [0.29, 0.717) is 13.2 Å². The summed E-state index contributed by atoms with van der Waals surface area (Å²) in [5.74, 6) is 4.93. The van der Waals surface area contributed by atoms with Crippen LogP contribution in [-0.4, -0.2) is 63.4 Å². The summed E-state index contributed by atoms with van der Waals surface area (Å²) in [6.45, 7) is 2.51. The van der Waals surface area contributed by atoms with Crippen molar-refractivity contribution in [1.82, 2.24) is 0 Å². The Morgan fingerprint density at radius 3 is 1.26 bits per heavy atom. The van der Waals surface area contributed by atoms with Crippen LogP contribution >= 0.6 is 0 Å². The van der Waals surface area contributed by atoms with Gasteiger partial charge in [-0.1, -0.05) is 158 Å². The summed E-state index contributed by atoms with van der Waals surface area (Å²) in [6, 6.07) is 87.8. The number of fused-ring (bicyclic) bond motifs is 8. The highest BCUT2D eigenvalue weighted by Crippen LogP contribution is 2.57. The number of para-hydroxylation sites is 2. The number of epoxide rings is 2. The second-order valence-corrected chi connectivity index (χ2v) is 24.4. The van der Waals surface area contributed by atoms with Crippen molar-refractivity contribution < 1.29 is 42.6 Å². The van der Waals surface area contributed by atoms with E-state index in [1.807, 2.05) is 12.1 Å². The zero-order valence-corrected chi connectivity index (χ0v) is 48.2. The number of hydrogen-bond acceptors (Lipinski definition) is 9. The predicted octanol–water partition coefficient (Wildman–Crippen LogP) is 16.3. The second-order valence-electron chi connectivity index (χ2n) is 24.4. The lowest BCUT2D eigenvalue weighted by Gasteiger charge is -2.42. The Hall–Kier alpha value is -9.48. The van der Waals surface area contributed by atoms with Gasteiger partial charge in [0.25, 0.3) is 0 Å². The average Bonchev–Trinajstić information content (AvgIpc) is 1.97. The maximum absolute atomic E-state index is 6.65. The van der Waals surface area contributed by atoms with Gasteiger partial charge in [-0.3, -0.25) is 0 Å². The fourth-order valence-electron chi connectivity index (χ4n) is 14.6. The molecule has 0 spiro atoms. The van der Waals surface area contributed by atoms with Gasteiger partial charge < -0.3 is 42.6 Å². The molecule has 9 nitrogen and oxygen atoms in total. The molecule has 6 aliphatic rings. The fourth-order valence-corrected chi connectivity index (χ4v) is 14.6. The van der Waals surface area contributed by atoms with Gasteiger partial charge in [0, 0.05) is 24.0 Å². The van der Waals surface area contributed by atoms with E-state index < -0.39 is 10.8 Å². The molecule has 4 saturated heterocycles. The van der Waals surface area contributed by atoms with Crippen molar-refractivity contribution in [2.45, 2.75) is 67.1 Å². The molecule has 6 atom stereocenters. The minimum atomic E-state index is -0.681. The molecule has 88 heavy (non-hydrogen) atoms. The highest BCUT2D eigenvalue weighted by atomic mass is 16.7. The van der Waals surface area contributed by atoms with Gasteiger partial charge in [-0.2, -0.15) is 0 Å². The zero-order chi connectivity index (χ0) is 57.9. The third-order valence-corrected chi connectivity index (χ3v) is 19.2. The molecule has 5 aliphatic heterocycles. The van der Waals surface area contributed by atoms with Gasteiger partial charge in [0.2, 0.25) is 12.6 Å².